The Balaban J connectivity index is 1.47. The highest BCUT2D eigenvalue weighted by Crippen LogP contribution is 2.33. The maximum atomic E-state index is 13.9. The summed E-state index contributed by atoms with van der Waals surface area (Å²) in [5.41, 5.74) is 1.95. The predicted octanol–water partition coefficient (Wildman–Crippen LogP) is 5.03. The molecule has 0 radical (unpaired) electrons. The maximum Gasteiger partial charge on any atom is 0.264 e. The van der Waals surface area contributed by atoms with Crippen molar-refractivity contribution >= 4 is 22.9 Å². The second-order valence-electron chi connectivity index (χ2n) is 7.50. The van der Waals surface area contributed by atoms with E-state index in [0.717, 1.165) is 0 Å². The largest absolute Gasteiger partial charge is 0.463 e. The third-order valence-electron chi connectivity index (χ3n) is 5.19. The molecular formula is C24H18F2N6O2. The number of halogens is 2. The van der Waals surface area contributed by atoms with E-state index in [2.05, 4.69) is 25.4 Å². The lowest BCUT2D eigenvalue weighted by Gasteiger charge is -2.09. The number of fused-ring (bicyclic) bond motifs is 1. The number of carbonyl (C=O) groups is 1. The molecule has 4 heterocycles. The highest BCUT2D eigenvalue weighted by atomic mass is 19.3. The van der Waals surface area contributed by atoms with Gasteiger partial charge in [0.15, 0.2) is 11.4 Å². The van der Waals surface area contributed by atoms with E-state index in [1.807, 2.05) is 6.07 Å². The van der Waals surface area contributed by atoms with Crippen LogP contribution in [-0.4, -0.2) is 30.6 Å². The molecule has 170 valence electrons. The van der Waals surface area contributed by atoms with E-state index in [1.165, 1.54) is 23.2 Å². The standard InChI is InChI=1S/C24H18F2N6O2/c1-14-21-16(22(25)26)12-18(15-6-3-2-4-7-15)28-23(21)32(31-14)13-20(33)30-24-27-10-9-17(29-24)19-8-5-11-34-19/h2-12,22H,13H2,1H3,(H,27,29,30,33). The number of furan rings is 1. The number of aryl methyl sites for hydroxylation is 1. The first-order chi connectivity index (χ1) is 16.5. The van der Waals surface area contributed by atoms with E-state index in [0.29, 0.717) is 28.4 Å². The van der Waals surface area contributed by atoms with Gasteiger partial charge in [-0.05, 0) is 31.2 Å². The zero-order valence-electron chi connectivity index (χ0n) is 17.9. The van der Waals surface area contributed by atoms with Gasteiger partial charge in [0.05, 0.1) is 23.0 Å². The first kappa shape index (κ1) is 21.4. The zero-order valence-corrected chi connectivity index (χ0v) is 17.9. The van der Waals surface area contributed by atoms with Crippen LogP contribution in [0.3, 0.4) is 0 Å². The van der Waals surface area contributed by atoms with E-state index in [4.69, 9.17) is 4.42 Å². The van der Waals surface area contributed by atoms with Gasteiger partial charge in [0.25, 0.3) is 6.43 Å². The summed E-state index contributed by atoms with van der Waals surface area (Å²) < 4.78 is 34.5. The highest BCUT2D eigenvalue weighted by molar-refractivity contribution is 5.91. The van der Waals surface area contributed by atoms with Crippen molar-refractivity contribution < 1.29 is 18.0 Å². The molecule has 0 atom stereocenters. The summed E-state index contributed by atoms with van der Waals surface area (Å²) in [5.74, 6) is 0.133. The lowest BCUT2D eigenvalue weighted by atomic mass is 10.1. The summed E-state index contributed by atoms with van der Waals surface area (Å²) in [7, 11) is 0. The molecule has 0 unspecified atom stereocenters. The fourth-order valence-electron chi connectivity index (χ4n) is 3.71. The lowest BCUT2D eigenvalue weighted by molar-refractivity contribution is -0.116. The fourth-order valence-corrected chi connectivity index (χ4v) is 3.71. The number of alkyl halides is 2. The van der Waals surface area contributed by atoms with E-state index < -0.39 is 12.3 Å². The summed E-state index contributed by atoms with van der Waals surface area (Å²) in [6, 6.07) is 15.5. The van der Waals surface area contributed by atoms with E-state index in [1.54, 1.807) is 49.4 Å². The van der Waals surface area contributed by atoms with Crippen LogP contribution in [0.1, 0.15) is 17.7 Å². The normalized spacial score (nSPS) is 11.3. The molecule has 0 aliphatic heterocycles. The van der Waals surface area contributed by atoms with Crippen molar-refractivity contribution in [2.24, 2.45) is 0 Å². The summed E-state index contributed by atoms with van der Waals surface area (Å²) in [6.07, 6.45) is 0.290. The Morgan fingerprint density at radius 1 is 1.09 bits per heavy atom. The van der Waals surface area contributed by atoms with E-state index >= 15 is 0 Å². The van der Waals surface area contributed by atoms with Crippen LogP contribution in [0.2, 0.25) is 0 Å². The van der Waals surface area contributed by atoms with Crippen LogP contribution in [0, 0.1) is 6.92 Å². The monoisotopic (exact) mass is 460 g/mol. The Morgan fingerprint density at radius 2 is 1.91 bits per heavy atom. The zero-order chi connectivity index (χ0) is 23.7. The molecule has 0 aliphatic rings. The summed E-state index contributed by atoms with van der Waals surface area (Å²) in [4.78, 5) is 25.7. The number of rotatable bonds is 6. The average Bonchev–Trinajstić information content (AvgIpc) is 3.48. The number of aromatic nitrogens is 5. The van der Waals surface area contributed by atoms with Crippen LogP contribution in [0.4, 0.5) is 14.7 Å². The minimum Gasteiger partial charge on any atom is -0.463 e. The van der Waals surface area contributed by atoms with Gasteiger partial charge in [-0.2, -0.15) is 5.10 Å². The average molecular weight is 460 g/mol. The predicted molar refractivity (Wildman–Crippen MR) is 121 cm³/mol. The van der Waals surface area contributed by atoms with Gasteiger partial charge in [-0.3, -0.25) is 10.1 Å². The van der Waals surface area contributed by atoms with Crippen LogP contribution in [0.15, 0.2) is 71.5 Å². The minimum absolute atomic E-state index is 0.0817. The summed E-state index contributed by atoms with van der Waals surface area (Å²) in [5, 5.41) is 7.16. The summed E-state index contributed by atoms with van der Waals surface area (Å²) >= 11 is 0. The number of nitrogens with zero attached hydrogens (tertiary/aromatic N) is 5. The smallest absolute Gasteiger partial charge is 0.264 e. The van der Waals surface area contributed by atoms with Crippen molar-refractivity contribution in [3.05, 3.63) is 78.3 Å². The van der Waals surface area contributed by atoms with Crippen LogP contribution < -0.4 is 5.32 Å². The van der Waals surface area contributed by atoms with E-state index in [-0.39, 0.29) is 29.1 Å². The van der Waals surface area contributed by atoms with Gasteiger partial charge in [0, 0.05) is 17.3 Å². The Bertz CT molecular complexity index is 1470. The second kappa shape index (κ2) is 8.81. The van der Waals surface area contributed by atoms with E-state index in [9.17, 15) is 13.6 Å². The Hall–Kier alpha value is -4.47. The minimum atomic E-state index is -2.73. The van der Waals surface area contributed by atoms with Gasteiger partial charge in [0.1, 0.15) is 12.2 Å². The van der Waals surface area contributed by atoms with Crippen LogP contribution in [0.5, 0.6) is 0 Å². The van der Waals surface area contributed by atoms with Gasteiger partial charge >= 0.3 is 0 Å². The Kier molecular flexibility index (Phi) is 5.54. The molecule has 34 heavy (non-hydrogen) atoms. The van der Waals surface area contributed by atoms with Crippen molar-refractivity contribution in [2.75, 3.05) is 5.32 Å². The number of benzene rings is 1. The molecule has 0 aliphatic carbocycles. The Morgan fingerprint density at radius 3 is 2.65 bits per heavy atom. The SMILES string of the molecule is Cc1nn(CC(=O)Nc2nccc(-c3ccco3)n2)c2nc(-c3ccccc3)cc(C(F)F)c12. The number of amides is 1. The van der Waals surface area contributed by atoms with Crippen LogP contribution in [0.25, 0.3) is 33.7 Å². The summed E-state index contributed by atoms with van der Waals surface area (Å²) in [6.45, 7) is 1.36. The Labute approximate surface area is 192 Å². The molecule has 0 fully saturated rings. The molecule has 1 amide bonds. The molecule has 0 saturated heterocycles. The number of hydrogen-bond acceptors (Lipinski definition) is 6. The van der Waals surface area contributed by atoms with Crippen molar-refractivity contribution in [2.45, 2.75) is 19.9 Å². The molecule has 5 aromatic rings. The van der Waals surface area contributed by atoms with Crippen LogP contribution >= 0.6 is 0 Å². The maximum absolute atomic E-state index is 13.9. The number of pyridine rings is 1. The first-order valence-electron chi connectivity index (χ1n) is 10.4. The van der Waals surface area contributed by atoms with Crippen LogP contribution in [-0.2, 0) is 11.3 Å². The first-order valence-corrected chi connectivity index (χ1v) is 10.4. The fraction of sp³-hybridized carbons (Fsp3) is 0.125. The van der Waals surface area contributed by atoms with Crippen molar-refractivity contribution in [1.82, 2.24) is 24.7 Å². The van der Waals surface area contributed by atoms with Crippen molar-refractivity contribution in [1.29, 1.82) is 0 Å². The topological polar surface area (TPSA) is 98.7 Å². The lowest BCUT2D eigenvalue weighted by Crippen LogP contribution is -2.21. The molecule has 10 heteroatoms. The molecule has 0 spiro atoms. The third-order valence-corrected chi connectivity index (χ3v) is 5.19. The molecule has 0 saturated carbocycles. The molecule has 5 rings (SSSR count). The number of anilines is 1. The van der Waals surface area contributed by atoms with Crippen molar-refractivity contribution in [3.63, 3.8) is 0 Å². The molecule has 1 aromatic carbocycles. The van der Waals surface area contributed by atoms with Gasteiger partial charge in [-0.15, -0.1) is 0 Å². The second-order valence-corrected chi connectivity index (χ2v) is 7.50. The number of nitrogens with one attached hydrogen (secondary N) is 1. The molecular weight excluding hydrogens is 442 g/mol. The third kappa shape index (κ3) is 4.13. The highest BCUT2D eigenvalue weighted by Gasteiger charge is 2.22. The molecule has 1 N–H and O–H groups in total. The van der Waals surface area contributed by atoms with Gasteiger partial charge in [-0.25, -0.2) is 28.4 Å². The quantitative estimate of drug-likeness (QED) is 0.382. The van der Waals surface area contributed by atoms with Gasteiger partial charge < -0.3 is 4.42 Å². The molecule has 0 bridgehead atoms. The van der Waals surface area contributed by atoms with Gasteiger partial charge in [-0.1, -0.05) is 30.3 Å². The van der Waals surface area contributed by atoms with Crippen molar-refractivity contribution in [3.8, 4) is 22.7 Å². The van der Waals surface area contributed by atoms with Gasteiger partial charge in [0.2, 0.25) is 11.9 Å². The molecule has 8 nitrogen and oxygen atoms in total. The molecule has 4 aromatic heterocycles. The number of hydrogen-bond donors (Lipinski definition) is 1. The number of carbonyl (C=O) groups excluding carboxylic acids is 1.